The van der Waals surface area contributed by atoms with Gasteiger partial charge in [-0.2, -0.15) is 0 Å². The van der Waals surface area contributed by atoms with Gasteiger partial charge < -0.3 is 24.1 Å². The molecule has 0 spiro atoms. The van der Waals surface area contributed by atoms with Crippen molar-refractivity contribution in [2.45, 2.75) is 6.10 Å². The molecule has 1 N–H and O–H groups in total. The van der Waals surface area contributed by atoms with Crippen LogP contribution in [-0.2, 0) is 18.9 Å². The van der Waals surface area contributed by atoms with Gasteiger partial charge in [0.1, 0.15) is 13.6 Å². The van der Waals surface area contributed by atoms with Crippen molar-refractivity contribution in [2.75, 3.05) is 40.0 Å². The minimum atomic E-state index is -0.462. The van der Waals surface area contributed by atoms with E-state index in [1.807, 2.05) is 0 Å². The van der Waals surface area contributed by atoms with Crippen molar-refractivity contribution in [3.05, 3.63) is 0 Å². The summed E-state index contributed by atoms with van der Waals surface area (Å²) in [4.78, 5) is 0. The summed E-state index contributed by atoms with van der Waals surface area (Å²) in [6.45, 7) is 2.88. The van der Waals surface area contributed by atoms with Gasteiger partial charge in [0, 0.05) is 11.8 Å². The molecule has 0 aromatic rings. The molecule has 0 atom stereocenters. The number of aliphatic hydroxyl groups excluding tert-OH is 1. The molecule has 0 radical (unpaired) electrons. The highest BCUT2D eigenvalue weighted by Crippen LogP contribution is 2.20. The number of ether oxygens (including phenoxy) is 4. The number of hydrogen-bond donors (Lipinski definition) is 1. The quantitative estimate of drug-likeness (QED) is 0.662. The van der Waals surface area contributed by atoms with Crippen molar-refractivity contribution in [3.63, 3.8) is 0 Å². The standard InChI is InChI=1S/C9H16O5/c10-9(7-1-11-5-12-2-7)8-3-13-6-14-4-8/h7-10H,1-6H2. The maximum absolute atomic E-state index is 9.98. The minimum Gasteiger partial charge on any atom is -0.392 e. The maximum Gasteiger partial charge on any atom is 0.146 e. The zero-order valence-electron chi connectivity index (χ0n) is 8.05. The lowest BCUT2D eigenvalue weighted by Crippen LogP contribution is -2.43. The van der Waals surface area contributed by atoms with E-state index in [1.165, 1.54) is 0 Å². The van der Waals surface area contributed by atoms with E-state index in [-0.39, 0.29) is 11.8 Å². The van der Waals surface area contributed by atoms with Gasteiger partial charge >= 0.3 is 0 Å². The van der Waals surface area contributed by atoms with Crippen LogP contribution in [0.15, 0.2) is 0 Å². The predicted molar refractivity (Wildman–Crippen MR) is 46.5 cm³/mol. The van der Waals surface area contributed by atoms with E-state index in [0.717, 1.165) is 0 Å². The second kappa shape index (κ2) is 5.04. The summed E-state index contributed by atoms with van der Waals surface area (Å²) in [6, 6.07) is 0. The molecular weight excluding hydrogens is 188 g/mol. The summed E-state index contributed by atoms with van der Waals surface area (Å²) in [7, 11) is 0. The molecule has 0 aliphatic carbocycles. The van der Waals surface area contributed by atoms with Crippen LogP contribution in [-0.4, -0.2) is 51.2 Å². The molecule has 2 aliphatic heterocycles. The molecule has 0 saturated carbocycles. The summed E-state index contributed by atoms with van der Waals surface area (Å²) in [5, 5.41) is 9.98. The van der Waals surface area contributed by atoms with Gasteiger partial charge in [-0.15, -0.1) is 0 Å². The van der Waals surface area contributed by atoms with Crippen molar-refractivity contribution in [1.29, 1.82) is 0 Å². The first kappa shape index (κ1) is 10.3. The monoisotopic (exact) mass is 204 g/mol. The van der Waals surface area contributed by atoms with Crippen LogP contribution in [0.3, 0.4) is 0 Å². The fourth-order valence-corrected chi connectivity index (χ4v) is 1.79. The molecule has 2 fully saturated rings. The molecule has 2 rings (SSSR count). The first-order chi connectivity index (χ1) is 6.88. The largest absolute Gasteiger partial charge is 0.392 e. The van der Waals surface area contributed by atoms with Crippen molar-refractivity contribution in [1.82, 2.24) is 0 Å². The van der Waals surface area contributed by atoms with Crippen molar-refractivity contribution in [3.8, 4) is 0 Å². The third-order valence-corrected chi connectivity index (χ3v) is 2.63. The van der Waals surface area contributed by atoms with Crippen LogP contribution in [0, 0.1) is 11.8 Å². The molecule has 82 valence electrons. The summed E-state index contributed by atoms with van der Waals surface area (Å²) >= 11 is 0. The average molecular weight is 204 g/mol. The van der Waals surface area contributed by atoms with Crippen LogP contribution in [0.1, 0.15) is 0 Å². The zero-order chi connectivity index (χ0) is 9.80. The Morgan fingerprint density at radius 2 is 1.14 bits per heavy atom. The minimum absolute atomic E-state index is 0.0408. The molecule has 0 aromatic heterocycles. The molecule has 0 bridgehead atoms. The Bertz CT molecular complexity index is 145. The average Bonchev–Trinajstić information content (AvgIpc) is 2.30. The molecular formula is C9H16O5. The van der Waals surface area contributed by atoms with Crippen molar-refractivity contribution in [2.24, 2.45) is 11.8 Å². The maximum atomic E-state index is 9.98. The lowest BCUT2D eigenvalue weighted by Gasteiger charge is -2.33. The Kier molecular flexibility index (Phi) is 3.72. The van der Waals surface area contributed by atoms with Gasteiger partial charge in [-0.25, -0.2) is 0 Å². The number of hydrogen-bond acceptors (Lipinski definition) is 5. The zero-order valence-corrected chi connectivity index (χ0v) is 8.05. The fraction of sp³-hybridized carbons (Fsp3) is 1.00. The summed E-state index contributed by atoms with van der Waals surface area (Å²) in [5.41, 5.74) is 0. The highest BCUT2D eigenvalue weighted by Gasteiger charge is 2.31. The molecule has 0 amide bonds. The van der Waals surface area contributed by atoms with Crippen molar-refractivity contribution >= 4 is 0 Å². The topological polar surface area (TPSA) is 57.2 Å². The molecule has 14 heavy (non-hydrogen) atoms. The molecule has 2 aliphatic rings. The first-order valence-electron chi connectivity index (χ1n) is 4.87. The summed E-state index contributed by atoms with van der Waals surface area (Å²) in [6.07, 6.45) is -0.462. The molecule has 2 saturated heterocycles. The van der Waals surface area contributed by atoms with Crippen LogP contribution in [0.5, 0.6) is 0 Å². The van der Waals surface area contributed by atoms with Gasteiger partial charge in [-0.3, -0.25) is 0 Å². The summed E-state index contributed by atoms with van der Waals surface area (Å²) in [5.74, 6) is 0.0816. The van der Waals surface area contributed by atoms with Gasteiger partial charge in [0.05, 0.1) is 32.5 Å². The lowest BCUT2D eigenvalue weighted by molar-refractivity contribution is -0.188. The summed E-state index contributed by atoms with van der Waals surface area (Å²) < 4.78 is 20.5. The van der Waals surface area contributed by atoms with E-state index in [1.54, 1.807) is 0 Å². The molecule has 5 heteroatoms. The second-order valence-corrected chi connectivity index (χ2v) is 3.73. The van der Waals surface area contributed by atoms with Gasteiger partial charge in [0.2, 0.25) is 0 Å². The second-order valence-electron chi connectivity index (χ2n) is 3.73. The van der Waals surface area contributed by atoms with Gasteiger partial charge in [-0.1, -0.05) is 0 Å². The lowest BCUT2D eigenvalue weighted by atomic mass is 9.92. The normalized spacial score (nSPS) is 27.0. The third kappa shape index (κ3) is 2.43. The Morgan fingerprint density at radius 1 is 0.786 bits per heavy atom. The van der Waals surface area contributed by atoms with E-state index in [4.69, 9.17) is 18.9 Å². The van der Waals surface area contributed by atoms with Crippen molar-refractivity contribution < 1.29 is 24.1 Å². The Morgan fingerprint density at radius 3 is 1.50 bits per heavy atom. The molecule has 0 aromatic carbocycles. The number of aliphatic hydroxyl groups is 1. The van der Waals surface area contributed by atoms with Gasteiger partial charge in [0.25, 0.3) is 0 Å². The predicted octanol–water partition coefficient (Wildman–Crippen LogP) is -0.412. The van der Waals surface area contributed by atoms with E-state index >= 15 is 0 Å². The van der Waals surface area contributed by atoms with E-state index in [0.29, 0.717) is 40.0 Å². The Labute approximate surface area is 82.9 Å². The Hall–Kier alpha value is -0.200. The third-order valence-electron chi connectivity index (χ3n) is 2.63. The highest BCUT2D eigenvalue weighted by molar-refractivity contribution is 4.78. The molecule has 5 nitrogen and oxygen atoms in total. The number of rotatable bonds is 2. The molecule has 2 heterocycles. The van der Waals surface area contributed by atoms with Crippen LogP contribution < -0.4 is 0 Å². The smallest absolute Gasteiger partial charge is 0.146 e. The SMILES string of the molecule is OC(C1COCOC1)C1COCOC1. The van der Waals surface area contributed by atoms with Crippen LogP contribution in [0.25, 0.3) is 0 Å². The van der Waals surface area contributed by atoms with Gasteiger partial charge in [-0.05, 0) is 0 Å². The van der Waals surface area contributed by atoms with Gasteiger partial charge in [0.15, 0.2) is 0 Å². The fourth-order valence-electron chi connectivity index (χ4n) is 1.79. The van der Waals surface area contributed by atoms with E-state index in [2.05, 4.69) is 0 Å². The van der Waals surface area contributed by atoms with Crippen LogP contribution in [0.4, 0.5) is 0 Å². The van der Waals surface area contributed by atoms with Crippen LogP contribution >= 0.6 is 0 Å². The van der Waals surface area contributed by atoms with E-state index < -0.39 is 6.10 Å². The first-order valence-corrected chi connectivity index (χ1v) is 4.87. The molecule has 0 unspecified atom stereocenters. The highest BCUT2D eigenvalue weighted by atomic mass is 16.7. The van der Waals surface area contributed by atoms with Crippen LogP contribution in [0.2, 0.25) is 0 Å². The Balaban J connectivity index is 1.82. The van der Waals surface area contributed by atoms with E-state index in [9.17, 15) is 5.11 Å².